The number of rotatable bonds is 3. The fourth-order valence-electron chi connectivity index (χ4n) is 1.07. The number of nitrogens with zero attached hydrogens (tertiary/aromatic N) is 2. The summed E-state index contributed by atoms with van der Waals surface area (Å²) in [5, 5.41) is 18.9. The average molecular weight is 179 g/mol. The highest BCUT2D eigenvalue weighted by atomic mass is 16.5. The highest BCUT2D eigenvalue weighted by molar-refractivity contribution is 5.75. The van der Waals surface area contributed by atoms with Gasteiger partial charge >= 0.3 is 0 Å². The van der Waals surface area contributed by atoms with Crippen LogP contribution >= 0.6 is 0 Å². The van der Waals surface area contributed by atoms with Crippen molar-refractivity contribution in [2.75, 3.05) is 13.2 Å². The van der Waals surface area contributed by atoms with E-state index in [-0.39, 0.29) is 6.61 Å². The lowest BCUT2D eigenvalue weighted by Gasteiger charge is -2.02. The number of ether oxygens (including phenoxy) is 1. The monoisotopic (exact) mass is 179 g/mol. The molecule has 0 aliphatic heterocycles. The number of fused-ring (bicyclic) bond motifs is 1. The van der Waals surface area contributed by atoms with E-state index < -0.39 is 0 Å². The zero-order chi connectivity index (χ0) is 9.10. The van der Waals surface area contributed by atoms with E-state index in [4.69, 9.17) is 9.84 Å². The number of benzene rings is 1. The molecule has 2 N–H and O–H groups in total. The van der Waals surface area contributed by atoms with Crippen LogP contribution in [0.25, 0.3) is 11.0 Å². The highest BCUT2D eigenvalue weighted by Gasteiger charge is 1.99. The van der Waals surface area contributed by atoms with Crippen LogP contribution in [-0.4, -0.2) is 33.7 Å². The molecule has 0 saturated carbocycles. The fourth-order valence-corrected chi connectivity index (χ4v) is 1.07. The Labute approximate surface area is 74.3 Å². The molecule has 0 spiro atoms. The van der Waals surface area contributed by atoms with E-state index in [1.807, 2.05) is 6.07 Å². The lowest BCUT2D eigenvalue weighted by Crippen LogP contribution is -2.01. The molecule has 0 bridgehead atoms. The molecule has 1 aromatic heterocycles. The standard InChI is InChI=1S/C8H9N3O2/c12-3-4-13-6-1-2-7-8(5-6)10-11-9-7/h1-2,5,12H,3-4H2,(H,9,10,11). The minimum atomic E-state index is 0.0108. The molecule has 13 heavy (non-hydrogen) atoms. The van der Waals surface area contributed by atoms with E-state index in [9.17, 15) is 0 Å². The first-order chi connectivity index (χ1) is 6.40. The molecular formula is C8H9N3O2. The summed E-state index contributed by atoms with van der Waals surface area (Å²) in [4.78, 5) is 0. The van der Waals surface area contributed by atoms with E-state index in [1.165, 1.54) is 0 Å². The van der Waals surface area contributed by atoms with Crippen LogP contribution in [0.5, 0.6) is 5.75 Å². The summed E-state index contributed by atoms with van der Waals surface area (Å²) in [6.45, 7) is 0.306. The first kappa shape index (κ1) is 8.00. The van der Waals surface area contributed by atoms with E-state index in [1.54, 1.807) is 12.1 Å². The van der Waals surface area contributed by atoms with Gasteiger partial charge in [-0.3, -0.25) is 0 Å². The summed E-state index contributed by atoms with van der Waals surface area (Å²) in [5.41, 5.74) is 1.56. The molecule has 0 aliphatic rings. The van der Waals surface area contributed by atoms with Gasteiger partial charge in [0.1, 0.15) is 23.4 Å². The predicted octanol–water partition coefficient (Wildman–Crippen LogP) is 0.329. The van der Waals surface area contributed by atoms with Crippen molar-refractivity contribution in [3.63, 3.8) is 0 Å². The molecule has 68 valence electrons. The zero-order valence-electron chi connectivity index (χ0n) is 6.90. The van der Waals surface area contributed by atoms with Gasteiger partial charge in [0.15, 0.2) is 0 Å². The molecule has 2 aromatic rings. The number of aliphatic hydroxyl groups is 1. The van der Waals surface area contributed by atoms with Crippen LogP contribution in [0, 0.1) is 0 Å². The Morgan fingerprint density at radius 2 is 2.15 bits per heavy atom. The van der Waals surface area contributed by atoms with Crippen LogP contribution in [-0.2, 0) is 0 Å². The summed E-state index contributed by atoms with van der Waals surface area (Å²) in [6, 6.07) is 5.38. The molecule has 1 heterocycles. The Bertz CT molecular complexity index is 399. The second-order valence-electron chi connectivity index (χ2n) is 2.55. The minimum Gasteiger partial charge on any atom is -0.491 e. The SMILES string of the molecule is OCCOc1ccc2n[nH]nc2c1. The van der Waals surface area contributed by atoms with Gasteiger partial charge in [-0.05, 0) is 12.1 Å². The molecular weight excluding hydrogens is 170 g/mol. The number of aromatic amines is 1. The van der Waals surface area contributed by atoms with Gasteiger partial charge in [0.2, 0.25) is 0 Å². The van der Waals surface area contributed by atoms with Gasteiger partial charge in [0, 0.05) is 6.07 Å². The van der Waals surface area contributed by atoms with Crippen molar-refractivity contribution < 1.29 is 9.84 Å². The van der Waals surface area contributed by atoms with E-state index in [0.29, 0.717) is 12.4 Å². The maximum Gasteiger partial charge on any atom is 0.121 e. The molecule has 2 rings (SSSR count). The number of hydrogen-bond acceptors (Lipinski definition) is 4. The van der Waals surface area contributed by atoms with E-state index >= 15 is 0 Å². The molecule has 0 fully saturated rings. The van der Waals surface area contributed by atoms with Crippen LogP contribution < -0.4 is 4.74 Å². The second kappa shape index (κ2) is 3.40. The van der Waals surface area contributed by atoms with E-state index in [2.05, 4.69) is 15.4 Å². The number of H-pyrrole nitrogens is 1. The quantitative estimate of drug-likeness (QED) is 0.712. The van der Waals surface area contributed by atoms with Crippen molar-refractivity contribution in [3.05, 3.63) is 18.2 Å². The topological polar surface area (TPSA) is 71.0 Å². The van der Waals surface area contributed by atoms with Gasteiger partial charge in [0.25, 0.3) is 0 Å². The highest BCUT2D eigenvalue weighted by Crippen LogP contribution is 2.16. The first-order valence-electron chi connectivity index (χ1n) is 3.94. The lowest BCUT2D eigenvalue weighted by molar-refractivity contribution is 0.201. The molecule has 0 amide bonds. The minimum absolute atomic E-state index is 0.0108. The molecule has 0 radical (unpaired) electrons. The molecule has 5 nitrogen and oxygen atoms in total. The summed E-state index contributed by atoms with van der Waals surface area (Å²) in [7, 11) is 0. The maximum absolute atomic E-state index is 8.54. The van der Waals surface area contributed by atoms with Gasteiger partial charge in [-0.15, -0.1) is 0 Å². The van der Waals surface area contributed by atoms with Gasteiger partial charge in [-0.1, -0.05) is 0 Å². The largest absolute Gasteiger partial charge is 0.491 e. The predicted molar refractivity (Wildman–Crippen MR) is 46.5 cm³/mol. The van der Waals surface area contributed by atoms with Crippen molar-refractivity contribution in [1.82, 2.24) is 15.4 Å². The number of aliphatic hydroxyl groups excluding tert-OH is 1. The molecule has 0 atom stereocenters. The third-order valence-corrected chi connectivity index (χ3v) is 1.65. The third-order valence-electron chi connectivity index (χ3n) is 1.65. The Balaban J connectivity index is 2.26. The van der Waals surface area contributed by atoms with E-state index in [0.717, 1.165) is 11.0 Å². The molecule has 0 saturated heterocycles. The Hall–Kier alpha value is -1.62. The first-order valence-corrected chi connectivity index (χ1v) is 3.94. The van der Waals surface area contributed by atoms with Gasteiger partial charge in [0.05, 0.1) is 6.61 Å². The summed E-state index contributed by atoms with van der Waals surface area (Å²) < 4.78 is 5.20. The van der Waals surface area contributed by atoms with Crippen LogP contribution in [0.4, 0.5) is 0 Å². The van der Waals surface area contributed by atoms with Crippen molar-refractivity contribution in [2.45, 2.75) is 0 Å². The summed E-state index contributed by atoms with van der Waals surface area (Å²) in [6.07, 6.45) is 0. The normalized spacial score (nSPS) is 10.5. The summed E-state index contributed by atoms with van der Waals surface area (Å²) in [5.74, 6) is 0.690. The average Bonchev–Trinajstić information content (AvgIpc) is 2.61. The van der Waals surface area contributed by atoms with Gasteiger partial charge in [-0.2, -0.15) is 15.4 Å². The van der Waals surface area contributed by atoms with Crippen molar-refractivity contribution >= 4 is 11.0 Å². The number of aromatic nitrogens is 3. The lowest BCUT2D eigenvalue weighted by atomic mass is 10.3. The Kier molecular flexibility index (Phi) is 2.09. The molecule has 1 aromatic carbocycles. The third kappa shape index (κ3) is 1.59. The van der Waals surface area contributed by atoms with Crippen molar-refractivity contribution in [3.8, 4) is 5.75 Å². The smallest absolute Gasteiger partial charge is 0.121 e. The van der Waals surface area contributed by atoms with Crippen molar-refractivity contribution in [1.29, 1.82) is 0 Å². The number of nitrogens with one attached hydrogen (secondary N) is 1. The zero-order valence-corrected chi connectivity index (χ0v) is 6.90. The van der Waals surface area contributed by atoms with Crippen LogP contribution in [0.1, 0.15) is 0 Å². The Morgan fingerprint density at radius 1 is 1.31 bits per heavy atom. The van der Waals surface area contributed by atoms with Crippen LogP contribution in [0.2, 0.25) is 0 Å². The van der Waals surface area contributed by atoms with Crippen LogP contribution in [0.3, 0.4) is 0 Å². The Morgan fingerprint density at radius 3 is 3.00 bits per heavy atom. The van der Waals surface area contributed by atoms with Crippen LogP contribution in [0.15, 0.2) is 18.2 Å². The summed E-state index contributed by atoms with van der Waals surface area (Å²) >= 11 is 0. The van der Waals surface area contributed by atoms with Gasteiger partial charge in [-0.25, -0.2) is 0 Å². The van der Waals surface area contributed by atoms with Crippen molar-refractivity contribution in [2.24, 2.45) is 0 Å². The maximum atomic E-state index is 8.54. The molecule has 5 heteroatoms. The fraction of sp³-hybridized carbons (Fsp3) is 0.250. The molecule has 0 unspecified atom stereocenters. The van der Waals surface area contributed by atoms with Gasteiger partial charge < -0.3 is 9.84 Å². The molecule has 0 aliphatic carbocycles. The second-order valence-corrected chi connectivity index (χ2v) is 2.55. The number of hydrogen-bond donors (Lipinski definition) is 2.